The number of benzene rings is 1. The molecule has 2 saturated heterocycles. The Labute approximate surface area is 202 Å². The van der Waals surface area contributed by atoms with Crippen LogP contribution in [0.4, 0.5) is 0 Å². The van der Waals surface area contributed by atoms with Crippen molar-refractivity contribution in [2.24, 2.45) is 11.8 Å². The minimum Gasteiger partial charge on any atom is -0.480 e. The van der Waals surface area contributed by atoms with Crippen molar-refractivity contribution in [2.75, 3.05) is 26.2 Å². The average molecular weight is 478 g/mol. The van der Waals surface area contributed by atoms with E-state index >= 15 is 0 Å². The van der Waals surface area contributed by atoms with E-state index in [0.29, 0.717) is 38.3 Å². The number of allylic oxidation sites excluding steroid dienone is 1. The number of piperidine rings is 2. The molecule has 1 aromatic carbocycles. The summed E-state index contributed by atoms with van der Waals surface area (Å²) in [5.41, 5.74) is 1.15. The quantitative estimate of drug-likeness (QED) is 0.475. The van der Waals surface area contributed by atoms with Gasteiger partial charge in [0.2, 0.25) is 11.8 Å². The number of nitrogens with zero attached hydrogens (tertiary/aromatic N) is 1. The molecule has 0 aliphatic carbocycles. The Kier molecular flexibility index (Phi) is 11.4. The lowest BCUT2D eigenvalue weighted by atomic mass is 9.95. The van der Waals surface area contributed by atoms with E-state index in [4.69, 9.17) is 0 Å². The van der Waals surface area contributed by atoms with Gasteiger partial charge in [0.1, 0.15) is 6.04 Å². The molecule has 2 fully saturated rings. The highest BCUT2D eigenvalue weighted by molar-refractivity contribution is 5.89. The molecule has 7 nitrogen and oxygen atoms in total. The molecule has 33 heavy (non-hydrogen) atoms. The summed E-state index contributed by atoms with van der Waals surface area (Å²) in [5.74, 6) is -1.28. The number of carboxylic acids is 1. The number of carbonyl (C=O) groups is 3. The molecule has 2 atom stereocenters. The van der Waals surface area contributed by atoms with Gasteiger partial charge in [-0.15, -0.1) is 12.4 Å². The van der Waals surface area contributed by atoms with Gasteiger partial charge in [0.15, 0.2) is 0 Å². The number of halogens is 1. The van der Waals surface area contributed by atoms with E-state index in [1.807, 2.05) is 36.4 Å². The number of aliphatic carboxylic acids is 1. The third kappa shape index (κ3) is 8.82. The van der Waals surface area contributed by atoms with E-state index in [0.717, 1.165) is 44.3 Å². The number of hydrogen-bond acceptors (Lipinski definition) is 4. The van der Waals surface area contributed by atoms with Crippen molar-refractivity contribution < 1.29 is 19.5 Å². The summed E-state index contributed by atoms with van der Waals surface area (Å²) in [6.07, 6.45) is 8.98. The predicted octanol–water partition coefficient (Wildman–Crippen LogP) is 2.79. The zero-order valence-electron chi connectivity index (χ0n) is 19.1. The molecule has 2 amide bonds. The first-order chi connectivity index (χ1) is 15.5. The van der Waals surface area contributed by atoms with Crippen LogP contribution >= 0.6 is 12.4 Å². The molecule has 2 heterocycles. The minimum absolute atomic E-state index is 0. The summed E-state index contributed by atoms with van der Waals surface area (Å²) >= 11 is 0. The zero-order valence-corrected chi connectivity index (χ0v) is 19.9. The molecule has 0 saturated carbocycles. The molecule has 2 aliphatic heterocycles. The lowest BCUT2D eigenvalue weighted by molar-refractivity contribution is -0.143. The SMILES string of the molecule is Cl.O=C(N[C@@H](CCCc1ccccc1)C(=O)O)[C@@H]1CCCN(C(=O)/C=C/C2CCNCC2)C1. The maximum Gasteiger partial charge on any atom is 0.326 e. The van der Waals surface area contributed by atoms with Crippen molar-refractivity contribution in [3.63, 3.8) is 0 Å². The molecular formula is C25H36ClN3O4. The maximum atomic E-state index is 12.8. The van der Waals surface area contributed by atoms with Gasteiger partial charge in [0.05, 0.1) is 5.92 Å². The van der Waals surface area contributed by atoms with E-state index in [1.165, 1.54) is 0 Å². The van der Waals surface area contributed by atoms with Crippen LogP contribution in [-0.4, -0.2) is 60.0 Å². The summed E-state index contributed by atoms with van der Waals surface area (Å²) in [4.78, 5) is 38.8. The summed E-state index contributed by atoms with van der Waals surface area (Å²) in [6, 6.07) is 9.00. The summed E-state index contributed by atoms with van der Waals surface area (Å²) in [6.45, 7) is 2.94. The number of aryl methyl sites for hydroxylation is 1. The Balaban J connectivity index is 0.00000385. The molecule has 0 bridgehead atoms. The fourth-order valence-corrected chi connectivity index (χ4v) is 4.45. The second kappa shape index (κ2) is 14.0. The van der Waals surface area contributed by atoms with Gasteiger partial charge in [-0.05, 0) is 75.6 Å². The molecule has 2 aliphatic rings. The summed E-state index contributed by atoms with van der Waals surface area (Å²) < 4.78 is 0. The van der Waals surface area contributed by atoms with Gasteiger partial charge in [-0.1, -0.05) is 36.4 Å². The Bertz CT molecular complexity index is 796. The number of carbonyl (C=O) groups excluding carboxylic acids is 2. The lowest BCUT2D eigenvalue weighted by Gasteiger charge is -2.32. The number of hydrogen-bond donors (Lipinski definition) is 3. The van der Waals surface area contributed by atoms with Crippen LogP contribution in [0, 0.1) is 11.8 Å². The molecule has 3 rings (SSSR count). The fraction of sp³-hybridized carbons (Fsp3) is 0.560. The Morgan fingerprint density at radius 2 is 1.88 bits per heavy atom. The van der Waals surface area contributed by atoms with Crippen LogP contribution in [0.3, 0.4) is 0 Å². The maximum absolute atomic E-state index is 12.8. The normalized spacial score (nSPS) is 20.1. The largest absolute Gasteiger partial charge is 0.480 e. The third-order valence-electron chi connectivity index (χ3n) is 6.41. The number of carboxylic acid groups (broad SMARTS) is 1. The van der Waals surface area contributed by atoms with Crippen molar-refractivity contribution in [3.05, 3.63) is 48.0 Å². The Hall–Kier alpha value is -2.38. The van der Waals surface area contributed by atoms with E-state index in [2.05, 4.69) is 10.6 Å². The molecule has 8 heteroatoms. The van der Waals surface area contributed by atoms with Gasteiger partial charge in [-0.2, -0.15) is 0 Å². The minimum atomic E-state index is -1.01. The molecular weight excluding hydrogens is 442 g/mol. The van der Waals surface area contributed by atoms with E-state index < -0.39 is 12.0 Å². The monoisotopic (exact) mass is 477 g/mol. The highest BCUT2D eigenvalue weighted by Crippen LogP contribution is 2.19. The van der Waals surface area contributed by atoms with Crippen LogP contribution < -0.4 is 10.6 Å². The number of nitrogens with one attached hydrogen (secondary N) is 2. The Morgan fingerprint density at radius 3 is 2.58 bits per heavy atom. The first kappa shape index (κ1) is 26.9. The number of amides is 2. The lowest BCUT2D eigenvalue weighted by Crippen LogP contribution is -2.49. The smallest absolute Gasteiger partial charge is 0.326 e. The van der Waals surface area contributed by atoms with Gasteiger partial charge >= 0.3 is 5.97 Å². The molecule has 0 radical (unpaired) electrons. The molecule has 0 aromatic heterocycles. The van der Waals surface area contributed by atoms with Gasteiger partial charge < -0.3 is 20.6 Å². The Morgan fingerprint density at radius 1 is 1.15 bits per heavy atom. The molecule has 3 N–H and O–H groups in total. The summed E-state index contributed by atoms with van der Waals surface area (Å²) in [5, 5.41) is 15.6. The number of likely N-dealkylation sites (tertiary alicyclic amines) is 1. The van der Waals surface area contributed by atoms with Gasteiger partial charge in [0, 0.05) is 13.1 Å². The van der Waals surface area contributed by atoms with Crippen molar-refractivity contribution in [1.29, 1.82) is 0 Å². The van der Waals surface area contributed by atoms with Gasteiger partial charge in [-0.25, -0.2) is 4.79 Å². The third-order valence-corrected chi connectivity index (χ3v) is 6.41. The highest BCUT2D eigenvalue weighted by atomic mass is 35.5. The van der Waals surface area contributed by atoms with E-state index in [1.54, 1.807) is 11.0 Å². The average Bonchev–Trinajstić information content (AvgIpc) is 2.83. The standard InChI is InChI=1S/C25H35N3O4.ClH/c29-23(12-11-20-13-15-26-16-14-20)28-17-5-9-21(18-28)24(30)27-22(25(31)32)10-4-8-19-6-2-1-3-7-19;/h1-3,6-7,11-12,20-22,26H,4-5,8-10,13-18H2,(H,27,30)(H,31,32);1H/b12-11+;/t21-,22+;/m1./s1. The molecule has 1 aromatic rings. The van der Waals surface area contributed by atoms with Crippen molar-refractivity contribution in [3.8, 4) is 0 Å². The van der Waals surface area contributed by atoms with Crippen LogP contribution in [0.15, 0.2) is 42.5 Å². The first-order valence-electron chi connectivity index (χ1n) is 11.8. The van der Waals surface area contributed by atoms with Crippen molar-refractivity contribution in [2.45, 2.75) is 51.0 Å². The second-order valence-electron chi connectivity index (χ2n) is 8.85. The van der Waals surface area contributed by atoms with Gasteiger partial charge in [0.25, 0.3) is 0 Å². The molecule has 0 spiro atoms. The highest BCUT2D eigenvalue weighted by Gasteiger charge is 2.30. The van der Waals surface area contributed by atoms with Crippen molar-refractivity contribution in [1.82, 2.24) is 15.5 Å². The molecule has 182 valence electrons. The van der Waals surface area contributed by atoms with Crippen LogP contribution in [0.5, 0.6) is 0 Å². The summed E-state index contributed by atoms with van der Waals surface area (Å²) in [7, 11) is 0. The zero-order chi connectivity index (χ0) is 22.8. The predicted molar refractivity (Wildman–Crippen MR) is 130 cm³/mol. The molecule has 0 unspecified atom stereocenters. The van der Waals surface area contributed by atoms with Crippen LogP contribution in [0.1, 0.15) is 44.1 Å². The second-order valence-corrected chi connectivity index (χ2v) is 8.85. The van der Waals surface area contributed by atoms with E-state index in [-0.39, 0.29) is 30.1 Å². The van der Waals surface area contributed by atoms with Crippen LogP contribution in [-0.2, 0) is 20.8 Å². The topological polar surface area (TPSA) is 98.7 Å². The van der Waals surface area contributed by atoms with Crippen LogP contribution in [0.2, 0.25) is 0 Å². The van der Waals surface area contributed by atoms with Crippen molar-refractivity contribution >= 4 is 30.2 Å². The van der Waals surface area contributed by atoms with Gasteiger partial charge in [-0.3, -0.25) is 9.59 Å². The van der Waals surface area contributed by atoms with Crippen LogP contribution in [0.25, 0.3) is 0 Å². The fourth-order valence-electron chi connectivity index (χ4n) is 4.45. The number of rotatable bonds is 9. The van der Waals surface area contributed by atoms with E-state index in [9.17, 15) is 19.5 Å². The first-order valence-corrected chi connectivity index (χ1v) is 11.8.